The Morgan fingerprint density at radius 2 is 2.05 bits per heavy atom. The number of ether oxygens (including phenoxy) is 1. The van der Waals surface area contributed by atoms with Crippen LogP contribution in [-0.2, 0) is 16.6 Å². The largest absolute Gasteiger partial charge is 0.495 e. The molecule has 0 fully saturated rings. The summed E-state index contributed by atoms with van der Waals surface area (Å²) in [4.78, 5) is 0. The molecule has 108 valence electrons. The van der Waals surface area contributed by atoms with Gasteiger partial charge in [-0.3, -0.25) is 0 Å². The zero-order chi connectivity index (χ0) is 14.8. The van der Waals surface area contributed by atoms with E-state index in [-0.39, 0.29) is 5.09 Å². The fraction of sp³-hybridized carbons (Fsp3) is 0.231. The number of sulfonamides is 1. The van der Waals surface area contributed by atoms with Gasteiger partial charge in [0.05, 0.1) is 19.3 Å². The molecule has 1 aromatic carbocycles. The molecule has 6 nitrogen and oxygen atoms in total. The van der Waals surface area contributed by atoms with Gasteiger partial charge in [-0.05, 0) is 36.8 Å². The van der Waals surface area contributed by atoms with Crippen LogP contribution in [0.15, 0.2) is 39.8 Å². The minimum Gasteiger partial charge on any atom is -0.495 e. The molecular weight excluding hydrogens is 280 g/mol. The Kier molecular flexibility index (Phi) is 4.01. The second-order valence-electron chi connectivity index (χ2n) is 4.32. The fourth-order valence-electron chi connectivity index (χ4n) is 1.73. The van der Waals surface area contributed by atoms with E-state index in [4.69, 9.17) is 14.3 Å². The monoisotopic (exact) mass is 296 g/mol. The van der Waals surface area contributed by atoms with E-state index >= 15 is 0 Å². The standard InChI is InChI=1S/C13H16N2O4S/c1-9-3-5-11(12(7-9)18-2)15-8-10-4-6-13(19-10)20(14,16)17/h3-7,15H,8H2,1-2H3,(H2,14,16,17). The summed E-state index contributed by atoms with van der Waals surface area (Å²) in [5, 5.41) is 7.85. The first-order valence-electron chi connectivity index (χ1n) is 5.90. The van der Waals surface area contributed by atoms with E-state index in [1.165, 1.54) is 6.07 Å². The van der Waals surface area contributed by atoms with Crippen LogP contribution >= 0.6 is 0 Å². The van der Waals surface area contributed by atoms with Crippen LogP contribution in [0.3, 0.4) is 0 Å². The van der Waals surface area contributed by atoms with E-state index in [1.807, 2.05) is 25.1 Å². The normalized spacial score (nSPS) is 11.3. The van der Waals surface area contributed by atoms with Crippen LogP contribution in [0.1, 0.15) is 11.3 Å². The number of furan rings is 1. The maximum absolute atomic E-state index is 11.1. The molecule has 0 unspecified atom stereocenters. The second-order valence-corrected chi connectivity index (χ2v) is 5.82. The number of hydrogen-bond acceptors (Lipinski definition) is 5. The highest BCUT2D eigenvalue weighted by Gasteiger charge is 2.13. The summed E-state index contributed by atoms with van der Waals surface area (Å²) in [6.45, 7) is 2.30. The Morgan fingerprint density at radius 3 is 2.65 bits per heavy atom. The van der Waals surface area contributed by atoms with Gasteiger partial charge in [-0.1, -0.05) is 6.07 Å². The van der Waals surface area contributed by atoms with Gasteiger partial charge in [0.1, 0.15) is 11.5 Å². The molecule has 2 aromatic rings. The van der Waals surface area contributed by atoms with Crippen LogP contribution in [0.4, 0.5) is 5.69 Å². The van der Waals surface area contributed by atoms with E-state index < -0.39 is 10.0 Å². The van der Waals surface area contributed by atoms with Crippen molar-refractivity contribution in [3.8, 4) is 5.75 Å². The lowest BCUT2D eigenvalue weighted by Crippen LogP contribution is -2.10. The fourth-order valence-corrected chi connectivity index (χ4v) is 2.21. The zero-order valence-corrected chi connectivity index (χ0v) is 12.0. The number of nitrogens with two attached hydrogens (primary N) is 1. The molecule has 0 aliphatic heterocycles. The van der Waals surface area contributed by atoms with E-state index in [2.05, 4.69) is 5.32 Å². The van der Waals surface area contributed by atoms with Gasteiger partial charge in [0.25, 0.3) is 10.0 Å². The predicted molar refractivity (Wildman–Crippen MR) is 75.1 cm³/mol. The van der Waals surface area contributed by atoms with Crippen molar-refractivity contribution in [2.24, 2.45) is 5.14 Å². The quantitative estimate of drug-likeness (QED) is 0.878. The third kappa shape index (κ3) is 3.31. The summed E-state index contributed by atoms with van der Waals surface area (Å²) >= 11 is 0. The molecule has 0 aliphatic carbocycles. The summed E-state index contributed by atoms with van der Waals surface area (Å²) in [5.74, 6) is 1.18. The van der Waals surface area contributed by atoms with Crippen LogP contribution in [0.5, 0.6) is 5.75 Å². The summed E-state index contributed by atoms with van der Waals surface area (Å²) in [6, 6.07) is 8.63. The van der Waals surface area contributed by atoms with Crippen LogP contribution < -0.4 is 15.2 Å². The van der Waals surface area contributed by atoms with Crippen molar-refractivity contribution < 1.29 is 17.6 Å². The molecule has 1 aromatic heterocycles. The highest BCUT2D eigenvalue weighted by atomic mass is 32.2. The molecule has 0 amide bonds. The van der Waals surface area contributed by atoms with Gasteiger partial charge >= 0.3 is 0 Å². The zero-order valence-electron chi connectivity index (χ0n) is 11.2. The van der Waals surface area contributed by atoms with Gasteiger partial charge in [0.2, 0.25) is 5.09 Å². The number of primary sulfonamides is 1. The Hall–Kier alpha value is -1.99. The summed E-state index contributed by atoms with van der Waals surface area (Å²) in [7, 11) is -2.21. The van der Waals surface area contributed by atoms with Crippen LogP contribution in [0.25, 0.3) is 0 Å². The summed E-state index contributed by atoms with van der Waals surface area (Å²) in [6.07, 6.45) is 0. The van der Waals surface area contributed by atoms with Crippen molar-refractivity contribution in [1.82, 2.24) is 0 Å². The first kappa shape index (κ1) is 14.4. The first-order valence-corrected chi connectivity index (χ1v) is 7.45. The molecule has 0 bridgehead atoms. The SMILES string of the molecule is COc1cc(C)ccc1NCc1ccc(S(N)(=O)=O)o1. The van der Waals surface area contributed by atoms with Gasteiger partial charge in [-0.15, -0.1) is 0 Å². The predicted octanol–water partition coefficient (Wildman–Crippen LogP) is 1.86. The van der Waals surface area contributed by atoms with Crippen molar-refractivity contribution in [2.45, 2.75) is 18.6 Å². The topological polar surface area (TPSA) is 94.6 Å². The van der Waals surface area contributed by atoms with Gasteiger partial charge in [0.15, 0.2) is 0 Å². The average Bonchev–Trinajstić information content (AvgIpc) is 2.86. The van der Waals surface area contributed by atoms with Crippen LogP contribution in [0, 0.1) is 6.92 Å². The van der Waals surface area contributed by atoms with Crippen molar-refractivity contribution in [1.29, 1.82) is 0 Å². The summed E-state index contributed by atoms with van der Waals surface area (Å²) in [5.41, 5.74) is 1.88. The van der Waals surface area contributed by atoms with Crippen LogP contribution in [-0.4, -0.2) is 15.5 Å². The van der Waals surface area contributed by atoms with Crippen molar-refractivity contribution in [3.63, 3.8) is 0 Å². The number of rotatable bonds is 5. The first-order chi connectivity index (χ1) is 9.40. The minimum atomic E-state index is -3.80. The number of anilines is 1. The second kappa shape index (κ2) is 5.56. The Morgan fingerprint density at radius 1 is 1.30 bits per heavy atom. The number of nitrogens with one attached hydrogen (secondary N) is 1. The Bertz CT molecular complexity index is 707. The molecule has 2 rings (SSSR count). The van der Waals surface area contributed by atoms with Crippen LogP contribution in [0.2, 0.25) is 0 Å². The molecule has 0 saturated carbocycles. The molecule has 7 heteroatoms. The Labute approximate surface area is 117 Å². The maximum atomic E-state index is 11.1. The maximum Gasteiger partial charge on any atom is 0.271 e. The molecule has 0 aliphatic rings. The number of hydrogen-bond donors (Lipinski definition) is 2. The van der Waals surface area contributed by atoms with Crippen molar-refractivity contribution >= 4 is 15.7 Å². The van der Waals surface area contributed by atoms with Gasteiger partial charge in [0, 0.05) is 0 Å². The summed E-state index contributed by atoms with van der Waals surface area (Å²) < 4.78 is 32.6. The molecule has 0 atom stereocenters. The number of benzene rings is 1. The molecular formula is C13H16N2O4S. The molecule has 0 saturated heterocycles. The third-order valence-electron chi connectivity index (χ3n) is 2.73. The van der Waals surface area contributed by atoms with Gasteiger partial charge in [-0.25, -0.2) is 13.6 Å². The number of aryl methyl sites for hydroxylation is 1. The average molecular weight is 296 g/mol. The molecule has 0 radical (unpaired) electrons. The smallest absolute Gasteiger partial charge is 0.271 e. The van der Waals surface area contributed by atoms with Gasteiger partial charge in [-0.2, -0.15) is 0 Å². The molecule has 3 N–H and O–H groups in total. The highest BCUT2D eigenvalue weighted by Crippen LogP contribution is 2.26. The lowest BCUT2D eigenvalue weighted by Gasteiger charge is -2.10. The lowest BCUT2D eigenvalue weighted by atomic mass is 10.2. The molecule has 1 heterocycles. The minimum absolute atomic E-state index is 0.245. The molecule has 20 heavy (non-hydrogen) atoms. The third-order valence-corrected chi connectivity index (χ3v) is 3.51. The van der Waals surface area contributed by atoms with E-state index in [0.29, 0.717) is 18.1 Å². The van der Waals surface area contributed by atoms with E-state index in [0.717, 1.165) is 11.3 Å². The highest BCUT2D eigenvalue weighted by molar-refractivity contribution is 7.89. The lowest BCUT2D eigenvalue weighted by molar-refractivity contribution is 0.412. The van der Waals surface area contributed by atoms with Gasteiger partial charge < -0.3 is 14.5 Å². The number of methoxy groups -OCH3 is 1. The van der Waals surface area contributed by atoms with E-state index in [1.54, 1.807) is 13.2 Å². The molecule has 0 spiro atoms. The Balaban J connectivity index is 2.11. The van der Waals surface area contributed by atoms with E-state index in [9.17, 15) is 8.42 Å². The van der Waals surface area contributed by atoms with Crippen molar-refractivity contribution in [2.75, 3.05) is 12.4 Å². The van der Waals surface area contributed by atoms with Crippen molar-refractivity contribution in [3.05, 3.63) is 41.7 Å².